The van der Waals surface area contributed by atoms with E-state index in [1.807, 2.05) is 54.6 Å². The molecule has 0 unspecified atom stereocenters. The summed E-state index contributed by atoms with van der Waals surface area (Å²) in [6.07, 6.45) is 0. The molecule has 3 aromatic carbocycles. The van der Waals surface area contributed by atoms with Crippen LogP contribution in [-0.2, 0) is 6.54 Å². The van der Waals surface area contributed by atoms with Gasteiger partial charge in [-0.25, -0.2) is 4.79 Å². The third kappa shape index (κ3) is 3.65. The number of rotatable bonds is 4. The molecule has 4 rings (SSSR count). The summed E-state index contributed by atoms with van der Waals surface area (Å²) in [5.74, 6) is -0.157. The Labute approximate surface area is 156 Å². The zero-order chi connectivity index (χ0) is 18.6. The van der Waals surface area contributed by atoms with E-state index in [9.17, 15) is 9.59 Å². The van der Waals surface area contributed by atoms with Crippen molar-refractivity contribution in [2.75, 3.05) is 0 Å². The van der Waals surface area contributed by atoms with E-state index in [2.05, 4.69) is 5.32 Å². The standard InChI is InChI=1S/C23H17NO3/c25-22(24-15-16-6-2-1-3-7-16)18-12-10-17(11-13-18)20-14-19-8-4-5-9-21(19)27-23(20)26/h1-14H,15H2,(H,24,25). The van der Waals surface area contributed by atoms with Crippen molar-refractivity contribution < 1.29 is 9.21 Å². The maximum atomic E-state index is 12.3. The first-order valence-electron chi connectivity index (χ1n) is 8.66. The first-order valence-corrected chi connectivity index (χ1v) is 8.66. The predicted molar refractivity (Wildman–Crippen MR) is 106 cm³/mol. The molecule has 0 saturated heterocycles. The monoisotopic (exact) mass is 355 g/mol. The summed E-state index contributed by atoms with van der Waals surface area (Å²) in [6, 6.07) is 25.9. The van der Waals surface area contributed by atoms with Gasteiger partial charge in [0, 0.05) is 17.5 Å². The largest absolute Gasteiger partial charge is 0.422 e. The smallest absolute Gasteiger partial charge is 0.344 e. The molecule has 1 N–H and O–H groups in total. The summed E-state index contributed by atoms with van der Waals surface area (Å²) in [5, 5.41) is 3.75. The van der Waals surface area contributed by atoms with Crippen molar-refractivity contribution in [2.24, 2.45) is 0 Å². The van der Waals surface area contributed by atoms with Gasteiger partial charge in [0.25, 0.3) is 5.91 Å². The molecule has 0 aliphatic carbocycles. The van der Waals surface area contributed by atoms with E-state index in [1.54, 1.807) is 30.3 Å². The molecule has 27 heavy (non-hydrogen) atoms. The van der Waals surface area contributed by atoms with Gasteiger partial charge in [-0.2, -0.15) is 0 Å². The molecular weight excluding hydrogens is 338 g/mol. The highest BCUT2D eigenvalue weighted by Gasteiger charge is 2.10. The summed E-state index contributed by atoms with van der Waals surface area (Å²) < 4.78 is 5.38. The van der Waals surface area contributed by atoms with Gasteiger partial charge in [-0.1, -0.05) is 60.7 Å². The van der Waals surface area contributed by atoms with Crippen molar-refractivity contribution in [3.8, 4) is 11.1 Å². The van der Waals surface area contributed by atoms with Gasteiger partial charge in [0.2, 0.25) is 0 Å². The van der Waals surface area contributed by atoms with Crippen LogP contribution in [0.2, 0.25) is 0 Å². The Hall–Kier alpha value is -3.66. The summed E-state index contributed by atoms with van der Waals surface area (Å²) in [5.41, 5.74) is 2.94. The lowest BCUT2D eigenvalue weighted by atomic mass is 10.0. The van der Waals surface area contributed by atoms with Crippen LogP contribution in [0.1, 0.15) is 15.9 Å². The lowest BCUT2D eigenvalue weighted by molar-refractivity contribution is 0.0951. The Morgan fingerprint density at radius 1 is 0.852 bits per heavy atom. The van der Waals surface area contributed by atoms with Crippen molar-refractivity contribution in [3.05, 3.63) is 106 Å². The van der Waals surface area contributed by atoms with Gasteiger partial charge in [-0.05, 0) is 35.4 Å². The molecule has 4 aromatic rings. The summed E-state index contributed by atoms with van der Waals surface area (Å²) in [6.45, 7) is 0.468. The molecule has 0 fully saturated rings. The lowest BCUT2D eigenvalue weighted by Gasteiger charge is -2.07. The highest BCUT2D eigenvalue weighted by Crippen LogP contribution is 2.21. The van der Waals surface area contributed by atoms with Crippen LogP contribution in [0.5, 0.6) is 0 Å². The van der Waals surface area contributed by atoms with Crippen molar-refractivity contribution in [3.63, 3.8) is 0 Å². The molecule has 0 aliphatic heterocycles. The molecule has 1 heterocycles. The Bertz CT molecular complexity index is 1150. The number of hydrogen-bond donors (Lipinski definition) is 1. The highest BCUT2D eigenvalue weighted by atomic mass is 16.4. The zero-order valence-electron chi connectivity index (χ0n) is 14.5. The molecule has 132 valence electrons. The van der Waals surface area contributed by atoms with Crippen molar-refractivity contribution >= 4 is 16.9 Å². The zero-order valence-corrected chi connectivity index (χ0v) is 14.5. The van der Waals surface area contributed by atoms with Crippen LogP contribution in [0.3, 0.4) is 0 Å². The van der Waals surface area contributed by atoms with Gasteiger partial charge in [-0.15, -0.1) is 0 Å². The molecule has 4 heteroatoms. The Kier molecular flexibility index (Phi) is 4.54. The number of nitrogens with one attached hydrogen (secondary N) is 1. The second-order valence-electron chi connectivity index (χ2n) is 6.23. The van der Waals surface area contributed by atoms with E-state index >= 15 is 0 Å². The molecule has 0 bridgehead atoms. The SMILES string of the molecule is O=C(NCc1ccccc1)c1ccc(-c2cc3ccccc3oc2=O)cc1. The Balaban J connectivity index is 1.54. The molecule has 4 nitrogen and oxygen atoms in total. The number of amides is 1. The van der Waals surface area contributed by atoms with E-state index in [0.717, 1.165) is 10.9 Å². The average molecular weight is 355 g/mol. The third-order valence-corrected chi connectivity index (χ3v) is 4.40. The van der Waals surface area contributed by atoms with Gasteiger partial charge in [0.05, 0.1) is 5.56 Å². The van der Waals surface area contributed by atoms with Crippen molar-refractivity contribution in [2.45, 2.75) is 6.54 Å². The maximum Gasteiger partial charge on any atom is 0.344 e. The van der Waals surface area contributed by atoms with Gasteiger partial charge in [0.15, 0.2) is 0 Å². The topological polar surface area (TPSA) is 59.3 Å². The number of fused-ring (bicyclic) bond motifs is 1. The van der Waals surface area contributed by atoms with E-state index < -0.39 is 5.63 Å². The van der Waals surface area contributed by atoms with E-state index in [-0.39, 0.29) is 5.91 Å². The first-order chi connectivity index (χ1) is 13.2. The quantitative estimate of drug-likeness (QED) is 0.552. The molecule has 0 radical (unpaired) electrons. The van der Waals surface area contributed by atoms with Gasteiger partial charge < -0.3 is 9.73 Å². The molecule has 1 aromatic heterocycles. The average Bonchev–Trinajstić information content (AvgIpc) is 2.72. The van der Waals surface area contributed by atoms with E-state index in [0.29, 0.717) is 28.8 Å². The van der Waals surface area contributed by atoms with Crippen LogP contribution in [0.4, 0.5) is 0 Å². The fourth-order valence-electron chi connectivity index (χ4n) is 2.94. The second-order valence-corrected chi connectivity index (χ2v) is 6.23. The fourth-order valence-corrected chi connectivity index (χ4v) is 2.94. The molecule has 0 saturated carbocycles. The van der Waals surface area contributed by atoms with Crippen LogP contribution in [0, 0.1) is 0 Å². The van der Waals surface area contributed by atoms with E-state index in [1.165, 1.54) is 0 Å². The minimum atomic E-state index is -0.394. The highest BCUT2D eigenvalue weighted by molar-refractivity contribution is 5.94. The Morgan fingerprint density at radius 3 is 2.33 bits per heavy atom. The minimum Gasteiger partial charge on any atom is -0.422 e. The molecule has 1 amide bonds. The number of carbonyl (C=O) groups is 1. The van der Waals surface area contributed by atoms with E-state index in [4.69, 9.17) is 4.42 Å². The van der Waals surface area contributed by atoms with Crippen LogP contribution < -0.4 is 10.9 Å². The minimum absolute atomic E-state index is 0.157. The summed E-state index contributed by atoms with van der Waals surface area (Å²) >= 11 is 0. The van der Waals surface area contributed by atoms with Crippen LogP contribution in [-0.4, -0.2) is 5.91 Å². The summed E-state index contributed by atoms with van der Waals surface area (Å²) in [4.78, 5) is 24.6. The second kappa shape index (κ2) is 7.30. The van der Waals surface area contributed by atoms with Crippen molar-refractivity contribution in [1.29, 1.82) is 0 Å². The van der Waals surface area contributed by atoms with Gasteiger partial charge >= 0.3 is 5.63 Å². The van der Waals surface area contributed by atoms with Crippen molar-refractivity contribution in [1.82, 2.24) is 5.32 Å². The van der Waals surface area contributed by atoms with Gasteiger partial charge in [-0.3, -0.25) is 4.79 Å². The van der Waals surface area contributed by atoms with Crippen LogP contribution >= 0.6 is 0 Å². The molecular formula is C23H17NO3. The number of para-hydroxylation sites is 1. The fraction of sp³-hybridized carbons (Fsp3) is 0.0435. The normalized spacial score (nSPS) is 10.7. The number of benzene rings is 3. The number of hydrogen-bond acceptors (Lipinski definition) is 3. The lowest BCUT2D eigenvalue weighted by Crippen LogP contribution is -2.22. The maximum absolute atomic E-state index is 12.3. The van der Waals surface area contributed by atoms with Crippen LogP contribution in [0.25, 0.3) is 22.1 Å². The Morgan fingerprint density at radius 2 is 1.56 bits per heavy atom. The number of carbonyl (C=O) groups excluding carboxylic acids is 1. The van der Waals surface area contributed by atoms with Crippen LogP contribution in [0.15, 0.2) is 94.1 Å². The predicted octanol–water partition coefficient (Wildman–Crippen LogP) is 4.39. The third-order valence-electron chi connectivity index (χ3n) is 4.40. The summed E-state index contributed by atoms with van der Waals surface area (Å²) in [7, 11) is 0. The first kappa shape index (κ1) is 16.8. The molecule has 0 spiro atoms. The molecule has 0 aliphatic rings. The van der Waals surface area contributed by atoms with Gasteiger partial charge in [0.1, 0.15) is 5.58 Å². The molecule has 0 atom stereocenters.